The first kappa shape index (κ1) is 27.0. The molecule has 194 valence electrons. The van der Waals surface area contributed by atoms with Crippen molar-refractivity contribution in [1.82, 2.24) is 5.43 Å². The highest BCUT2D eigenvalue weighted by atomic mass is 79.9. The fourth-order valence-corrected chi connectivity index (χ4v) is 3.71. The second kappa shape index (κ2) is 12.9. The third kappa shape index (κ3) is 7.70. The number of hydrogen-bond acceptors (Lipinski definition) is 6. The first-order chi connectivity index (χ1) is 18.9. The first-order valence-corrected chi connectivity index (χ1v) is 12.4. The van der Waals surface area contributed by atoms with Crippen LogP contribution < -0.4 is 20.8 Å². The lowest BCUT2D eigenvalue weighted by Crippen LogP contribution is -2.33. The van der Waals surface area contributed by atoms with Crippen LogP contribution in [0.5, 0.6) is 5.75 Å². The van der Waals surface area contributed by atoms with Gasteiger partial charge in [0, 0.05) is 10.2 Å². The minimum atomic E-state index is -1.02. The van der Waals surface area contributed by atoms with E-state index in [-0.39, 0.29) is 11.3 Å². The number of ether oxygens (including phenoxy) is 1. The van der Waals surface area contributed by atoms with Gasteiger partial charge < -0.3 is 15.4 Å². The Balaban J connectivity index is 1.30. The molecule has 9 nitrogen and oxygen atoms in total. The Morgan fingerprint density at radius 2 is 1.46 bits per heavy atom. The second-order valence-electron chi connectivity index (χ2n) is 7.99. The molecule has 0 aliphatic heterocycles. The summed E-state index contributed by atoms with van der Waals surface area (Å²) >= 11 is 3.31. The van der Waals surface area contributed by atoms with E-state index in [1.807, 2.05) is 6.07 Å². The van der Waals surface area contributed by atoms with Crippen molar-refractivity contribution in [2.45, 2.75) is 0 Å². The Labute approximate surface area is 232 Å². The van der Waals surface area contributed by atoms with Crippen molar-refractivity contribution >= 4 is 57.2 Å². The smallest absolute Gasteiger partial charge is 0.343 e. The zero-order chi connectivity index (χ0) is 27.6. The summed E-state index contributed by atoms with van der Waals surface area (Å²) in [6.07, 6.45) is 1.33. The molecule has 0 aliphatic carbocycles. The number of nitrogens with one attached hydrogen (secondary N) is 3. The fourth-order valence-electron chi connectivity index (χ4n) is 3.31. The lowest BCUT2D eigenvalue weighted by atomic mass is 10.1. The molecule has 10 heteroatoms. The van der Waals surface area contributed by atoms with E-state index in [0.29, 0.717) is 22.6 Å². The minimum absolute atomic E-state index is 0.169. The van der Waals surface area contributed by atoms with Gasteiger partial charge in [-0.05, 0) is 72.3 Å². The molecule has 0 bridgehead atoms. The van der Waals surface area contributed by atoms with Gasteiger partial charge in [-0.25, -0.2) is 10.2 Å². The normalized spacial score (nSPS) is 10.5. The first-order valence-electron chi connectivity index (χ1n) is 11.6. The highest BCUT2D eigenvalue weighted by Gasteiger charge is 2.18. The molecule has 0 fully saturated rings. The van der Waals surface area contributed by atoms with Crippen LogP contribution in [-0.4, -0.2) is 29.9 Å². The zero-order valence-electron chi connectivity index (χ0n) is 20.3. The van der Waals surface area contributed by atoms with Crippen LogP contribution in [0.4, 0.5) is 11.4 Å². The van der Waals surface area contributed by atoms with Crippen molar-refractivity contribution < 1.29 is 23.9 Å². The molecule has 0 saturated carbocycles. The van der Waals surface area contributed by atoms with Gasteiger partial charge in [-0.1, -0.05) is 52.3 Å². The predicted octanol–water partition coefficient (Wildman–Crippen LogP) is 5.01. The van der Waals surface area contributed by atoms with Crippen molar-refractivity contribution in [3.8, 4) is 5.75 Å². The molecule has 4 aromatic rings. The highest BCUT2D eigenvalue weighted by Crippen LogP contribution is 2.18. The highest BCUT2D eigenvalue weighted by molar-refractivity contribution is 9.10. The number of halogens is 1. The van der Waals surface area contributed by atoms with E-state index >= 15 is 0 Å². The molecule has 0 saturated heterocycles. The molecule has 0 aromatic heterocycles. The van der Waals surface area contributed by atoms with Gasteiger partial charge in [0.1, 0.15) is 5.75 Å². The lowest BCUT2D eigenvalue weighted by molar-refractivity contribution is -0.136. The van der Waals surface area contributed by atoms with Crippen molar-refractivity contribution in [2.24, 2.45) is 5.10 Å². The van der Waals surface area contributed by atoms with Crippen LogP contribution in [0.3, 0.4) is 0 Å². The van der Waals surface area contributed by atoms with E-state index in [0.717, 1.165) is 4.47 Å². The number of nitrogens with zero attached hydrogens (tertiary/aromatic N) is 1. The molecule has 0 heterocycles. The molecule has 4 aromatic carbocycles. The standard InChI is InChI=1S/C29H21BrN4O5/c30-21-8-6-7-20(17-21)29(38)39-23-15-13-19(14-16-23)18-31-34-28(37)27(36)33-25-12-5-4-11-24(25)26(35)32-22-9-2-1-3-10-22/h1-18H,(H,32,35)(H,33,36)(H,34,37)/b31-18+. The Kier molecular flexibility index (Phi) is 8.94. The minimum Gasteiger partial charge on any atom is -0.423 e. The molecular formula is C29H21BrN4O5. The number of anilines is 2. The molecule has 0 aliphatic rings. The fraction of sp³-hybridized carbons (Fsp3) is 0. The van der Waals surface area contributed by atoms with Crippen molar-refractivity contribution in [3.63, 3.8) is 0 Å². The van der Waals surface area contributed by atoms with E-state index < -0.39 is 23.7 Å². The number of carbonyl (C=O) groups excluding carboxylic acids is 4. The maximum atomic E-state index is 12.7. The molecule has 3 amide bonds. The van der Waals surface area contributed by atoms with Gasteiger partial charge in [-0.2, -0.15) is 5.10 Å². The molecule has 4 rings (SSSR count). The SMILES string of the molecule is O=C(N/N=C/c1ccc(OC(=O)c2cccc(Br)c2)cc1)C(=O)Nc1ccccc1C(=O)Nc1ccccc1. The Hall–Kier alpha value is -5.09. The Bertz CT molecular complexity index is 1540. The van der Waals surface area contributed by atoms with Gasteiger partial charge in [0.05, 0.1) is 23.0 Å². The number of hydrogen-bond donors (Lipinski definition) is 3. The average molecular weight is 585 g/mol. The van der Waals surface area contributed by atoms with E-state index in [2.05, 4.69) is 37.1 Å². The van der Waals surface area contributed by atoms with Gasteiger partial charge >= 0.3 is 17.8 Å². The van der Waals surface area contributed by atoms with Crippen LogP contribution in [0.25, 0.3) is 0 Å². The molecule has 3 N–H and O–H groups in total. The van der Waals surface area contributed by atoms with Crippen LogP contribution in [0.1, 0.15) is 26.3 Å². The topological polar surface area (TPSA) is 126 Å². The number of esters is 1. The summed E-state index contributed by atoms with van der Waals surface area (Å²) in [4.78, 5) is 49.6. The molecular weight excluding hydrogens is 564 g/mol. The maximum Gasteiger partial charge on any atom is 0.343 e. The van der Waals surface area contributed by atoms with Crippen LogP contribution in [-0.2, 0) is 9.59 Å². The Morgan fingerprint density at radius 3 is 2.21 bits per heavy atom. The van der Waals surface area contributed by atoms with Crippen molar-refractivity contribution in [1.29, 1.82) is 0 Å². The summed E-state index contributed by atoms with van der Waals surface area (Å²) in [6, 6.07) is 28.4. The summed E-state index contributed by atoms with van der Waals surface area (Å²) in [5, 5.41) is 8.95. The van der Waals surface area contributed by atoms with Crippen molar-refractivity contribution in [2.75, 3.05) is 10.6 Å². The largest absolute Gasteiger partial charge is 0.423 e. The number of carbonyl (C=O) groups is 4. The third-order valence-electron chi connectivity index (χ3n) is 5.19. The molecule has 0 radical (unpaired) electrons. The quantitative estimate of drug-likeness (QED) is 0.0925. The summed E-state index contributed by atoms with van der Waals surface area (Å²) in [6.45, 7) is 0. The van der Waals surface area contributed by atoms with E-state index in [1.54, 1.807) is 84.9 Å². The van der Waals surface area contributed by atoms with Gasteiger partial charge in [-0.15, -0.1) is 0 Å². The summed E-state index contributed by atoms with van der Waals surface area (Å²) in [5.74, 6) is -2.64. The summed E-state index contributed by atoms with van der Waals surface area (Å²) < 4.78 is 6.11. The van der Waals surface area contributed by atoms with Gasteiger partial charge in [0.15, 0.2) is 0 Å². The summed E-state index contributed by atoms with van der Waals surface area (Å²) in [5.41, 5.74) is 4.07. The number of benzene rings is 4. The molecule has 0 atom stereocenters. The van der Waals surface area contributed by atoms with Gasteiger partial charge in [0.25, 0.3) is 5.91 Å². The predicted molar refractivity (Wildman–Crippen MR) is 151 cm³/mol. The number of para-hydroxylation sites is 2. The Morgan fingerprint density at radius 1 is 0.744 bits per heavy atom. The zero-order valence-corrected chi connectivity index (χ0v) is 21.8. The molecule has 39 heavy (non-hydrogen) atoms. The van der Waals surface area contributed by atoms with Crippen LogP contribution in [0, 0.1) is 0 Å². The van der Waals surface area contributed by atoms with Crippen LogP contribution in [0.15, 0.2) is 113 Å². The van der Waals surface area contributed by atoms with Gasteiger partial charge in [-0.3, -0.25) is 14.4 Å². The number of amides is 3. The average Bonchev–Trinajstić information content (AvgIpc) is 2.94. The van der Waals surface area contributed by atoms with Crippen LogP contribution >= 0.6 is 15.9 Å². The van der Waals surface area contributed by atoms with Gasteiger partial charge in [0.2, 0.25) is 0 Å². The van der Waals surface area contributed by atoms with E-state index in [1.165, 1.54) is 18.3 Å². The number of rotatable bonds is 7. The van der Waals surface area contributed by atoms with E-state index in [4.69, 9.17) is 4.74 Å². The molecule has 0 unspecified atom stereocenters. The monoisotopic (exact) mass is 584 g/mol. The van der Waals surface area contributed by atoms with Crippen LogP contribution in [0.2, 0.25) is 0 Å². The van der Waals surface area contributed by atoms with Crippen molar-refractivity contribution in [3.05, 3.63) is 124 Å². The maximum absolute atomic E-state index is 12.7. The summed E-state index contributed by atoms with van der Waals surface area (Å²) in [7, 11) is 0. The lowest BCUT2D eigenvalue weighted by Gasteiger charge is -2.11. The second-order valence-corrected chi connectivity index (χ2v) is 8.90. The number of hydrazone groups is 1. The third-order valence-corrected chi connectivity index (χ3v) is 5.68. The van der Waals surface area contributed by atoms with E-state index in [9.17, 15) is 19.2 Å². The molecule has 0 spiro atoms.